The van der Waals surface area contributed by atoms with E-state index in [0.29, 0.717) is 18.5 Å². The monoisotopic (exact) mass is 282 g/mol. The molecule has 1 amide bonds. The average Bonchev–Trinajstić information content (AvgIpc) is 2.39. The summed E-state index contributed by atoms with van der Waals surface area (Å²) in [6, 6.07) is 1.85. The molecule has 1 aromatic carbocycles. The van der Waals surface area contributed by atoms with Crippen LogP contribution in [0.15, 0.2) is 12.1 Å². The number of halogens is 2. The molecule has 0 aromatic heterocycles. The first kappa shape index (κ1) is 14.8. The first-order valence-electron chi connectivity index (χ1n) is 7.00. The van der Waals surface area contributed by atoms with Crippen molar-refractivity contribution in [3.63, 3.8) is 0 Å². The van der Waals surface area contributed by atoms with Crippen molar-refractivity contribution < 1.29 is 13.6 Å². The van der Waals surface area contributed by atoms with Gasteiger partial charge in [-0.25, -0.2) is 8.78 Å². The molecule has 0 atom stereocenters. The Labute approximate surface area is 117 Å². The molecule has 1 fully saturated rings. The zero-order valence-corrected chi connectivity index (χ0v) is 11.6. The Morgan fingerprint density at radius 3 is 2.50 bits per heavy atom. The Morgan fingerprint density at radius 2 is 1.90 bits per heavy atom. The van der Waals surface area contributed by atoms with Gasteiger partial charge in [-0.15, -0.1) is 0 Å². The van der Waals surface area contributed by atoms with Crippen molar-refractivity contribution in [3.8, 4) is 0 Å². The second-order valence-corrected chi connectivity index (χ2v) is 5.68. The van der Waals surface area contributed by atoms with Gasteiger partial charge in [0.05, 0.1) is 11.3 Å². The minimum absolute atomic E-state index is 0.138. The fraction of sp³-hybridized carbons (Fsp3) is 0.533. The second kappa shape index (κ2) is 6.20. The zero-order chi connectivity index (χ0) is 14.7. The smallest absolute Gasteiger partial charge is 0.251 e. The summed E-state index contributed by atoms with van der Waals surface area (Å²) < 4.78 is 27.0. The lowest BCUT2D eigenvalue weighted by Crippen LogP contribution is -2.21. The summed E-state index contributed by atoms with van der Waals surface area (Å²) in [5.74, 6) is -1.26. The van der Waals surface area contributed by atoms with Crippen molar-refractivity contribution in [2.75, 3.05) is 11.9 Å². The lowest BCUT2D eigenvalue weighted by molar-refractivity contribution is 0.0996. The molecule has 20 heavy (non-hydrogen) atoms. The van der Waals surface area contributed by atoms with E-state index in [1.54, 1.807) is 0 Å². The van der Waals surface area contributed by atoms with Gasteiger partial charge in [0.15, 0.2) is 0 Å². The summed E-state index contributed by atoms with van der Waals surface area (Å²) in [6.45, 7) is 2.87. The maximum absolute atomic E-state index is 13.7. The molecular formula is C15H20F2N2O. The maximum Gasteiger partial charge on any atom is 0.251 e. The molecule has 1 aromatic rings. The fourth-order valence-corrected chi connectivity index (χ4v) is 2.66. The third kappa shape index (κ3) is 3.46. The third-order valence-electron chi connectivity index (χ3n) is 4.04. The van der Waals surface area contributed by atoms with Crippen molar-refractivity contribution in [3.05, 3.63) is 29.3 Å². The Hall–Kier alpha value is -1.65. The van der Waals surface area contributed by atoms with Crippen LogP contribution in [0.4, 0.5) is 14.5 Å². The minimum Gasteiger partial charge on any atom is -0.382 e. The molecule has 0 unspecified atom stereocenters. The van der Waals surface area contributed by atoms with Crippen LogP contribution in [0, 0.1) is 23.5 Å². The average molecular weight is 282 g/mol. The van der Waals surface area contributed by atoms with Crippen LogP contribution in [-0.2, 0) is 0 Å². The van der Waals surface area contributed by atoms with Gasteiger partial charge in [0.25, 0.3) is 5.91 Å². The predicted molar refractivity (Wildman–Crippen MR) is 74.5 cm³/mol. The number of anilines is 1. The summed E-state index contributed by atoms with van der Waals surface area (Å²) in [5, 5.41) is 2.97. The number of amides is 1. The number of carbonyl (C=O) groups is 1. The van der Waals surface area contributed by atoms with Crippen LogP contribution in [0.5, 0.6) is 0 Å². The third-order valence-corrected chi connectivity index (χ3v) is 4.04. The van der Waals surface area contributed by atoms with Gasteiger partial charge < -0.3 is 11.1 Å². The van der Waals surface area contributed by atoms with Crippen molar-refractivity contribution in [2.24, 2.45) is 17.6 Å². The fourth-order valence-electron chi connectivity index (χ4n) is 2.66. The zero-order valence-electron chi connectivity index (χ0n) is 11.6. The number of nitrogens with two attached hydrogens (primary N) is 1. The standard InChI is InChI=1S/C15H20F2N2O/c1-9-2-4-10(5-3-9)8-19-14-6-11(15(18)20)12(16)7-13(14)17/h6-7,9-10,19H,2-5,8H2,1H3,(H2,18,20). The highest BCUT2D eigenvalue weighted by atomic mass is 19.1. The maximum atomic E-state index is 13.7. The molecule has 110 valence electrons. The summed E-state index contributed by atoms with van der Waals surface area (Å²) in [6.07, 6.45) is 4.59. The van der Waals surface area contributed by atoms with Crippen molar-refractivity contribution in [2.45, 2.75) is 32.6 Å². The Morgan fingerprint density at radius 1 is 1.25 bits per heavy atom. The van der Waals surface area contributed by atoms with E-state index >= 15 is 0 Å². The summed E-state index contributed by atoms with van der Waals surface area (Å²) >= 11 is 0. The van der Waals surface area contributed by atoms with Gasteiger partial charge in [0.1, 0.15) is 11.6 Å². The number of nitrogens with one attached hydrogen (secondary N) is 1. The lowest BCUT2D eigenvalue weighted by atomic mass is 9.83. The Kier molecular flexibility index (Phi) is 4.57. The van der Waals surface area contributed by atoms with Gasteiger partial charge in [-0.1, -0.05) is 19.8 Å². The van der Waals surface area contributed by atoms with Crippen LogP contribution in [0.25, 0.3) is 0 Å². The van der Waals surface area contributed by atoms with E-state index in [0.717, 1.165) is 24.8 Å². The van der Waals surface area contributed by atoms with Gasteiger partial charge >= 0.3 is 0 Å². The van der Waals surface area contributed by atoms with Crippen molar-refractivity contribution >= 4 is 11.6 Å². The van der Waals surface area contributed by atoms with E-state index in [9.17, 15) is 13.6 Å². The van der Waals surface area contributed by atoms with Crippen LogP contribution in [-0.4, -0.2) is 12.5 Å². The van der Waals surface area contributed by atoms with E-state index in [2.05, 4.69) is 12.2 Å². The van der Waals surface area contributed by atoms with Crippen molar-refractivity contribution in [1.82, 2.24) is 0 Å². The molecule has 0 aliphatic heterocycles. The van der Waals surface area contributed by atoms with E-state index in [1.807, 2.05) is 0 Å². The van der Waals surface area contributed by atoms with Crippen LogP contribution >= 0.6 is 0 Å². The highest BCUT2D eigenvalue weighted by Crippen LogP contribution is 2.29. The number of primary amides is 1. The van der Waals surface area contributed by atoms with E-state index in [1.165, 1.54) is 12.8 Å². The van der Waals surface area contributed by atoms with Crippen LogP contribution < -0.4 is 11.1 Å². The molecule has 5 heteroatoms. The Balaban J connectivity index is 2.02. The molecule has 0 radical (unpaired) electrons. The molecule has 0 spiro atoms. The van der Waals surface area contributed by atoms with Gasteiger partial charge in [-0.05, 0) is 30.7 Å². The molecule has 2 rings (SSSR count). The van der Waals surface area contributed by atoms with E-state index < -0.39 is 17.5 Å². The van der Waals surface area contributed by atoms with E-state index in [4.69, 9.17) is 5.73 Å². The molecule has 3 N–H and O–H groups in total. The summed E-state index contributed by atoms with van der Waals surface area (Å²) in [4.78, 5) is 11.1. The summed E-state index contributed by atoms with van der Waals surface area (Å²) in [5.41, 5.74) is 4.91. The predicted octanol–water partition coefficient (Wildman–Crippen LogP) is 3.30. The number of hydrogen-bond donors (Lipinski definition) is 2. The first-order valence-corrected chi connectivity index (χ1v) is 7.00. The second-order valence-electron chi connectivity index (χ2n) is 5.68. The molecule has 0 bridgehead atoms. The van der Waals surface area contributed by atoms with Crippen LogP contribution in [0.1, 0.15) is 43.0 Å². The van der Waals surface area contributed by atoms with E-state index in [-0.39, 0.29) is 11.3 Å². The molecule has 3 nitrogen and oxygen atoms in total. The topological polar surface area (TPSA) is 55.1 Å². The van der Waals surface area contributed by atoms with Crippen LogP contribution in [0.2, 0.25) is 0 Å². The minimum atomic E-state index is -0.924. The van der Waals surface area contributed by atoms with Gasteiger partial charge in [0, 0.05) is 12.6 Å². The first-order chi connectivity index (χ1) is 9.47. The largest absolute Gasteiger partial charge is 0.382 e. The molecule has 1 aliphatic carbocycles. The molecule has 1 aliphatic rings. The normalized spacial score (nSPS) is 22.6. The molecular weight excluding hydrogens is 262 g/mol. The molecule has 0 saturated heterocycles. The lowest BCUT2D eigenvalue weighted by Gasteiger charge is -2.26. The summed E-state index contributed by atoms with van der Waals surface area (Å²) in [7, 11) is 0. The Bertz CT molecular complexity index is 497. The highest BCUT2D eigenvalue weighted by Gasteiger charge is 2.19. The number of benzene rings is 1. The number of carbonyl (C=O) groups excluding carboxylic acids is 1. The molecule has 0 heterocycles. The van der Waals surface area contributed by atoms with Crippen LogP contribution in [0.3, 0.4) is 0 Å². The van der Waals surface area contributed by atoms with Gasteiger partial charge in [-0.3, -0.25) is 4.79 Å². The van der Waals surface area contributed by atoms with Gasteiger partial charge in [-0.2, -0.15) is 0 Å². The number of hydrogen-bond acceptors (Lipinski definition) is 2. The highest BCUT2D eigenvalue weighted by molar-refractivity contribution is 5.94. The quantitative estimate of drug-likeness (QED) is 0.890. The van der Waals surface area contributed by atoms with Crippen molar-refractivity contribution in [1.29, 1.82) is 0 Å². The number of rotatable bonds is 4. The van der Waals surface area contributed by atoms with Gasteiger partial charge in [0.2, 0.25) is 0 Å². The molecule has 1 saturated carbocycles. The SMILES string of the molecule is CC1CCC(CNc2cc(C(N)=O)c(F)cc2F)CC1.